The molecule has 0 saturated carbocycles. The maximum Gasteiger partial charge on any atom is 0.242 e. The predicted molar refractivity (Wildman–Crippen MR) is 82.6 cm³/mol. The molecule has 4 nitrogen and oxygen atoms in total. The maximum atomic E-state index is 12.1. The van der Waals surface area contributed by atoms with Gasteiger partial charge in [0.1, 0.15) is 5.25 Å². The van der Waals surface area contributed by atoms with Crippen LogP contribution >= 0.6 is 39.7 Å². The minimum atomic E-state index is -3.65. The number of halogens is 2. The Morgan fingerprint density at radius 1 is 1.61 bits per heavy atom. The van der Waals surface area contributed by atoms with Crippen molar-refractivity contribution in [3.8, 4) is 0 Å². The van der Waals surface area contributed by atoms with Crippen molar-refractivity contribution >= 4 is 60.4 Å². The van der Waals surface area contributed by atoms with Crippen LogP contribution in [0.1, 0.15) is 13.3 Å². The molecule has 100 valence electrons. The molecule has 1 aromatic carbocycles. The van der Waals surface area contributed by atoms with E-state index in [1.807, 2.05) is 0 Å². The third-order valence-electron chi connectivity index (χ3n) is 2.25. The molecule has 0 aliphatic carbocycles. The highest BCUT2D eigenvalue weighted by Crippen LogP contribution is 2.27. The fraction of sp³-hybridized carbons (Fsp3) is 0.300. The van der Waals surface area contributed by atoms with Crippen molar-refractivity contribution in [3.05, 3.63) is 27.7 Å². The van der Waals surface area contributed by atoms with Crippen LogP contribution in [-0.4, -0.2) is 18.7 Å². The van der Waals surface area contributed by atoms with Crippen LogP contribution in [0.15, 0.2) is 22.7 Å². The van der Waals surface area contributed by atoms with Gasteiger partial charge < -0.3 is 5.73 Å². The molecular weight excluding hydrogens is 360 g/mol. The van der Waals surface area contributed by atoms with Crippen LogP contribution in [0.5, 0.6) is 0 Å². The van der Waals surface area contributed by atoms with Gasteiger partial charge in [0.05, 0.1) is 10.7 Å². The molecule has 8 heteroatoms. The lowest BCUT2D eigenvalue weighted by Gasteiger charge is -2.16. The molecule has 0 radical (unpaired) electrons. The van der Waals surface area contributed by atoms with E-state index in [1.54, 1.807) is 25.1 Å². The van der Waals surface area contributed by atoms with E-state index in [2.05, 4.69) is 20.7 Å². The molecule has 0 heterocycles. The first-order chi connectivity index (χ1) is 8.27. The summed E-state index contributed by atoms with van der Waals surface area (Å²) in [5, 5.41) is -0.388. The molecule has 1 unspecified atom stereocenters. The molecule has 0 amide bonds. The van der Waals surface area contributed by atoms with Crippen molar-refractivity contribution in [2.75, 3.05) is 4.72 Å². The van der Waals surface area contributed by atoms with Crippen LogP contribution in [-0.2, 0) is 10.0 Å². The predicted octanol–water partition coefficient (Wildman–Crippen LogP) is 2.91. The number of anilines is 1. The third kappa shape index (κ3) is 3.81. The summed E-state index contributed by atoms with van der Waals surface area (Å²) >= 11 is 13.8. The van der Waals surface area contributed by atoms with Gasteiger partial charge in [0.15, 0.2) is 0 Å². The molecule has 0 bridgehead atoms. The van der Waals surface area contributed by atoms with Crippen LogP contribution in [0.4, 0.5) is 5.69 Å². The number of hydrogen-bond acceptors (Lipinski definition) is 3. The summed E-state index contributed by atoms with van der Waals surface area (Å²) in [4.78, 5) is -0.0462. The molecule has 0 saturated heterocycles. The molecule has 3 N–H and O–H groups in total. The molecular formula is C10H12BrClN2O2S2. The number of benzene rings is 1. The number of nitrogens with two attached hydrogens (primary N) is 1. The van der Waals surface area contributed by atoms with Crippen molar-refractivity contribution < 1.29 is 8.42 Å². The number of nitrogens with one attached hydrogen (secondary N) is 1. The Hall–Kier alpha value is -0.370. The van der Waals surface area contributed by atoms with Gasteiger partial charge in [-0.15, -0.1) is 0 Å². The van der Waals surface area contributed by atoms with Gasteiger partial charge in [-0.1, -0.05) is 30.7 Å². The summed E-state index contributed by atoms with van der Waals surface area (Å²) in [7, 11) is -3.65. The van der Waals surface area contributed by atoms with E-state index in [0.717, 1.165) is 0 Å². The molecule has 0 fully saturated rings. The molecule has 1 aromatic rings. The zero-order chi connectivity index (χ0) is 13.9. The highest BCUT2D eigenvalue weighted by Gasteiger charge is 2.26. The van der Waals surface area contributed by atoms with Gasteiger partial charge in [0.2, 0.25) is 10.0 Å². The standard InChI is InChI=1S/C10H12BrClN2O2S2/c1-2-9(10(13)17)18(15,16)14-8-4-3-6(12)5-7(8)11/h3-5,9,14H,2H2,1H3,(H2,13,17). The Kier molecular flexibility index (Phi) is 5.39. The highest BCUT2D eigenvalue weighted by molar-refractivity contribution is 9.10. The number of hydrogen-bond donors (Lipinski definition) is 2. The van der Waals surface area contributed by atoms with Crippen LogP contribution in [0.3, 0.4) is 0 Å². The molecule has 18 heavy (non-hydrogen) atoms. The minimum Gasteiger partial charge on any atom is -0.392 e. The summed E-state index contributed by atoms with van der Waals surface area (Å²) in [5.41, 5.74) is 5.83. The summed E-state index contributed by atoms with van der Waals surface area (Å²) < 4.78 is 27.2. The van der Waals surface area contributed by atoms with Gasteiger partial charge in [-0.05, 0) is 40.5 Å². The van der Waals surface area contributed by atoms with Crippen molar-refractivity contribution in [2.45, 2.75) is 18.6 Å². The summed E-state index contributed by atoms with van der Waals surface area (Å²) in [6.45, 7) is 1.71. The second-order valence-electron chi connectivity index (χ2n) is 3.57. The monoisotopic (exact) mass is 370 g/mol. The fourth-order valence-electron chi connectivity index (χ4n) is 1.37. The summed E-state index contributed by atoms with van der Waals surface area (Å²) in [6.07, 6.45) is 0.315. The minimum absolute atomic E-state index is 0.0462. The Morgan fingerprint density at radius 3 is 2.67 bits per heavy atom. The van der Waals surface area contributed by atoms with Crippen LogP contribution in [0.2, 0.25) is 5.02 Å². The first kappa shape index (κ1) is 15.7. The van der Waals surface area contributed by atoms with E-state index in [0.29, 0.717) is 21.6 Å². The first-order valence-corrected chi connectivity index (χ1v) is 8.16. The maximum absolute atomic E-state index is 12.1. The number of rotatable bonds is 5. The summed E-state index contributed by atoms with van der Waals surface area (Å²) in [5.74, 6) is 0. The number of thiocarbonyl (C=S) groups is 1. The Morgan fingerprint density at radius 2 is 2.22 bits per heavy atom. The van der Waals surface area contributed by atoms with Gasteiger partial charge in [-0.3, -0.25) is 4.72 Å². The quantitative estimate of drug-likeness (QED) is 0.781. The van der Waals surface area contributed by atoms with Crippen molar-refractivity contribution in [1.29, 1.82) is 0 Å². The second-order valence-corrected chi connectivity index (χ2v) is 7.20. The van der Waals surface area contributed by atoms with E-state index in [9.17, 15) is 8.42 Å². The zero-order valence-electron chi connectivity index (χ0n) is 9.48. The lowest BCUT2D eigenvalue weighted by molar-refractivity contribution is 0.594. The molecule has 0 aromatic heterocycles. The second kappa shape index (κ2) is 6.18. The van der Waals surface area contributed by atoms with Gasteiger partial charge >= 0.3 is 0 Å². The van der Waals surface area contributed by atoms with Gasteiger partial charge in [0, 0.05) is 9.50 Å². The summed E-state index contributed by atoms with van der Waals surface area (Å²) in [6, 6.07) is 4.75. The Labute approximate surface area is 125 Å². The zero-order valence-corrected chi connectivity index (χ0v) is 13.5. The van der Waals surface area contributed by atoms with Gasteiger partial charge in [-0.2, -0.15) is 0 Å². The topological polar surface area (TPSA) is 72.2 Å². The molecule has 1 rings (SSSR count). The van der Waals surface area contributed by atoms with Crippen LogP contribution < -0.4 is 10.5 Å². The van der Waals surface area contributed by atoms with E-state index in [-0.39, 0.29) is 4.99 Å². The van der Waals surface area contributed by atoms with E-state index < -0.39 is 15.3 Å². The smallest absolute Gasteiger partial charge is 0.242 e. The third-order valence-corrected chi connectivity index (χ3v) is 5.41. The normalized spacial score (nSPS) is 13.1. The molecule has 0 aliphatic rings. The SMILES string of the molecule is CCC(C(N)=S)S(=O)(=O)Nc1ccc(Cl)cc1Br. The molecule has 0 spiro atoms. The first-order valence-electron chi connectivity index (χ1n) is 5.04. The molecule has 1 atom stereocenters. The molecule has 0 aliphatic heterocycles. The average molecular weight is 372 g/mol. The van der Waals surface area contributed by atoms with Crippen molar-refractivity contribution in [3.63, 3.8) is 0 Å². The Balaban J connectivity index is 3.05. The van der Waals surface area contributed by atoms with Gasteiger partial charge in [0.25, 0.3) is 0 Å². The van der Waals surface area contributed by atoms with Crippen molar-refractivity contribution in [1.82, 2.24) is 0 Å². The lowest BCUT2D eigenvalue weighted by Crippen LogP contribution is -2.37. The highest BCUT2D eigenvalue weighted by atomic mass is 79.9. The average Bonchev–Trinajstić information content (AvgIpc) is 2.22. The fourth-order valence-corrected chi connectivity index (χ4v) is 4.20. The van der Waals surface area contributed by atoms with E-state index in [1.165, 1.54) is 0 Å². The van der Waals surface area contributed by atoms with E-state index in [4.69, 9.17) is 29.6 Å². The lowest BCUT2D eigenvalue weighted by atomic mass is 10.3. The largest absolute Gasteiger partial charge is 0.392 e. The van der Waals surface area contributed by atoms with E-state index >= 15 is 0 Å². The van der Waals surface area contributed by atoms with Crippen LogP contribution in [0, 0.1) is 0 Å². The van der Waals surface area contributed by atoms with Crippen LogP contribution in [0.25, 0.3) is 0 Å². The Bertz CT molecular complexity index is 563. The van der Waals surface area contributed by atoms with Gasteiger partial charge in [-0.25, -0.2) is 8.42 Å². The number of sulfonamides is 1. The van der Waals surface area contributed by atoms with Crippen molar-refractivity contribution in [2.24, 2.45) is 5.73 Å².